The SMILES string of the molecule is COC(=O)c1ccc(Oc2ccccc2NC(=O)c2cccc(Cl)c2)cc1C(=O)OC. The molecule has 0 fully saturated rings. The van der Waals surface area contributed by atoms with Gasteiger partial charge in [-0.05, 0) is 48.5 Å². The van der Waals surface area contributed by atoms with Crippen LogP contribution in [0.15, 0.2) is 66.7 Å². The molecule has 0 spiro atoms. The largest absolute Gasteiger partial charge is 0.465 e. The zero-order valence-corrected chi connectivity index (χ0v) is 17.4. The molecule has 0 saturated carbocycles. The monoisotopic (exact) mass is 439 g/mol. The Bertz CT molecular complexity index is 1140. The smallest absolute Gasteiger partial charge is 0.338 e. The molecule has 0 heterocycles. The highest BCUT2D eigenvalue weighted by atomic mass is 35.5. The topological polar surface area (TPSA) is 90.9 Å². The van der Waals surface area contributed by atoms with Crippen molar-refractivity contribution in [1.82, 2.24) is 0 Å². The highest BCUT2D eigenvalue weighted by Crippen LogP contribution is 2.31. The first-order valence-electron chi connectivity index (χ1n) is 9.07. The second-order valence-corrected chi connectivity index (χ2v) is 6.69. The zero-order valence-electron chi connectivity index (χ0n) is 16.7. The lowest BCUT2D eigenvalue weighted by atomic mass is 10.1. The lowest BCUT2D eigenvalue weighted by Gasteiger charge is -2.14. The summed E-state index contributed by atoms with van der Waals surface area (Å²) in [5, 5.41) is 3.22. The number of ether oxygens (including phenoxy) is 3. The summed E-state index contributed by atoms with van der Waals surface area (Å²) in [4.78, 5) is 36.6. The Balaban J connectivity index is 1.89. The molecular formula is C23H18ClNO6. The summed E-state index contributed by atoms with van der Waals surface area (Å²) >= 11 is 5.95. The molecule has 0 aliphatic rings. The van der Waals surface area contributed by atoms with Gasteiger partial charge in [-0.25, -0.2) is 9.59 Å². The van der Waals surface area contributed by atoms with Crippen LogP contribution in [0.4, 0.5) is 5.69 Å². The molecule has 1 amide bonds. The van der Waals surface area contributed by atoms with E-state index in [1.807, 2.05) is 0 Å². The van der Waals surface area contributed by atoms with Crippen LogP contribution in [0.5, 0.6) is 11.5 Å². The van der Waals surface area contributed by atoms with Crippen LogP contribution in [-0.4, -0.2) is 32.1 Å². The van der Waals surface area contributed by atoms with Crippen molar-refractivity contribution in [3.63, 3.8) is 0 Å². The molecule has 0 atom stereocenters. The van der Waals surface area contributed by atoms with Gasteiger partial charge in [0.1, 0.15) is 5.75 Å². The van der Waals surface area contributed by atoms with Crippen LogP contribution in [0, 0.1) is 0 Å². The van der Waals surface area contributed by atoms with E-state index < -0.39 is 11.9 Å². The second-order valence-electron chi connectivity index (χ2n) is 6.25. The lowest BCUT2D eigenvalue weighted by Crippen LogP contribution is -2.13. The van der Waals surface area contributed by atoms with Crippen LogP contribution < -0.4 is 10.1 Å². The molecule has 3 rings (SSSR count). The van der Waals surface area contributed by atoms with E-state index in [0.717, 1.165) is 0 Å². The summed E-state index contributed by atoms with van der Waals surface area (Å²) in [6.07, 6.45) is 0. The van der Waals surface area contributed by atoms with E-state index in [1.54, 1.807) is 48.5 Å². The minimum atomic E-state index is -0.714. The normalized spacial score (nSPS) is 10.2. The van der Waals surface area contributed by atoms with Crippen molar-refractivity contribution in [3.8, 4) is 11.5 Å². The van der Waals surface area contributed by atoms with Crippen LogP contribution in [0.3, 0.4) is 0 Å². The molecule has 0 saturated heterocycles. The molecule has 3 aromatic carbocycles. The average Bonchev–Trinajstić information content (AvgIpc) is 2.79. The second kappa shape index (κ2) is 9.77. The van der Waals surface area contributed by atoms with Gasteiger partial charge in [-0.15, -0.1) is 0 Å². The molecule has 1 N–H and O–H groups in total. The summed E-state index contributed by atoms with van der Waals surface area (Å²) < 4.78 is 15.3. The first-order chi connectivity index (χ1) is 14.9. The van der Waals surface area contributed by atoms with Gasteiger partial charge in [0.05, 0.1) is 31.0 Å². The van der Waals surface area contributed by atoms with Gasteiger partial charge in [0.25, 0.3) is 5.91 Å². The highest BCUT2D eigenvalue weighted by Gasteiger charge is 2.20. The lowest BCUT2D eigenvalue weighted by molar-refractivity contribution is 0.0555. The van der Waals surface area contributed by atoms with Crippen molar-refractivity contribution in [2.45, 2.75) is 0 Å². The van der Waals surface area contributed by atoms with E-state index in [2.05, 4.69) is 5.32 Å². The molecule has 0 aliphatic heterocycles. The summed E-state index contributed by atoms with van der Waals surface area (Å²) in [7, 11) is 2.42. The fraction of sp³-hybridized carbons (Fsp3) is 0.0870. The van der Waals surface area contributed by atoms with Crippen LogP contribution in [0.25, 0.3) is 0 Å². The van der Waals surface area contributed by atoms with Gasteiger partial charge in [0.15, 0.2) is 5.75 Å². The standard InChI is InChI=1S/C23H18ClNO6/c1-29-22(27)17-11-10-16(13-18(17)23(28)30-2)31-20-9-4-3-8-19(20)25-21(26)14-6-5-7-15(24)12-14/h3-13H,1-2H3,(H,25,26). The van der Waals surface area contributed by atoms with Crippen LogP contribution in [0.1, 0.15) is 31.1 Å². The molecule has 0 aliphatic carbocycles. The molecule has 31 heavy (non-hydrogen) atoms. The minimum absolute atomic E-state index is 0.00714. The van der Waals surface area contributed by atoms with Crippen LogP contribution >= 0.6 is 11.6 Å². The van der Waals surface area contributed by atoms with Gasteiger partial charge in [-0.3, -0.25) is 4.79 Å². The maximum absolute atomic E-state index is 12.6. The van der Waals surface area contributed by atoms with E-state index in [9.17, 15) is 14.4 Å². The summed E-state index contributed by atoms with van der Waals surface area (Å²) in [6.45, 7) is 0. The summed E-state index contributed by atoms with van der Waals surface area (Å²) in [5.41, 5.74) is 0.832. The maximum atomic E-state index is 12.6. The Hall–Kier alpha value is -3.84. The highest BCUT2D eigenvalue weighted by molar-refractivity contribution is 6.31. The number of carbonyl (C=O) groups is 3. The van der Waals surface area contributed by atoms with Crippen molar-refractivity contribution >= 4 is 35.1 Å². The van der Waals surface area contributed by atoms with Crippen LogP contribution in [0.2, 0.25) is 5.02 Å². The van der Waals surface area contributed by atoms with Crippen molar-refractivity contribution < 1.29 is 28.6 Å². The van der Waals surface area contributed by atoms with Crippen molar-refractivity contribution in [2.24, 2.45) is 0 Å². The van der Waals surface area contributed by atoms with E-state index in [-0.39, 0.29) is 22.8 Å². The maximum Gasteiger partial charge on any atom is 0.338 e. The minimum Gasteiger partial charge on any atom is -0.465 e. The number of esters is 2. The zero-order chi connectivity index (χ0) is 22.4. The number of methoxy groups -OCH3 is 2. The molecule has 0 bridgehead atoms. The fourth-order valence-electron chi connectivity index (χ4n) is 2.76. The first-order valence-corrected chi connectivity index (χ1v) is 9.45. The average molecular weight is 440 g/mol. The molecule has 158 valence electrons. The summed E-state index contributed by atoms with van der Waals surface area (Å²) in [6, 6.07) is 17.6. The number of hydrogen-bond donors (Lipinski definition) is 1. The van der Waals surface area contributed by atoms with Gasteiger partial charge in [0, 0.05) is 10.6 Å². The van der Waals surface area contributed by atoms with Crippen LogP contribution in [-0.2, 0) is 9.47 Å². The number of halogens is 1. The molecular weight excluding hydrogens is 422 g/mol. The van der Waals surface area contributed by atoms with Gasteiger partial charge in [-0.1, -0.05) is 29.8 Å². The molecule has 8 heteroatoms. The number of rotatable bonds is 6. The van der Waals surface area contributed by atoms with Gasteiger partial charge < -0.3 is 19.5 Å². The summed E-state index contributed by atoms with van der Waals surface area (Å²) in [5.74, 6) is -1.17. The predicted octanol–water partition coefficient (Wildman–Crippen LogP) is 4.96. The third-order valence-electron chi connectivity index (χ3n) is 4.25. The quantitative estimate of drug-likeness (QED) is 0.546. The van der Waals surface area contributed by atoms with E-state index >= 15 is 0 Å². The number of para-hydroxylation sites is 2. The van der Waals surface area contributed by atoms with Gasteiger partial charge >= 0.3 is 11.9 Å². The fourth-order valence-corrected chi connectivity index (χ4v) is 2.95. The molecule has 0 unspecified atom stereocenters. The molecule has 7 nitrogen and oxygen atoms in total. The van der Waals surface area contributed by atoms with Crippen molar-refractivity contribution in [2.75, 3.05) is 19.5 Å². The Morgan fingerprint density at radius 1 is 0.806 bits per heavy atom. The van der Waals surface area contributed by atoms with E-state index in [0.29, 0.717) is 22.0 Å². The number of carbonyl (C=O) groups excluding carboxylic acids is 3. The van der Waals surface area contributed by atoms with E-state index in [1.165, 1.54) is 32.4 Å². The third-order valence-corrected chi connectivity index (χ3v) is 4.49. The number of nitrogens with one attached hydrogen (secondary N) is 1. The Morgan fingerprint density at radius 3 is 2.23 bits per heavy atom. The Morgan fingerprint density at radius 2 is 1.52 bits per heavy atom. The Kier molecular flexibility index (Phi) is 6.89. The molecule has 0 aromatic heterocycles. The number of benzene rings is 3. The van der Waals surface area contributed by atoms with Crippen molar-refractivity contribution in [3.05, 3.63) is 88.4 Å². The van der Waals surface area contributed by atoms with E-state index in [4.69, 9.17) is 25.8 Å². The van der Waals surface area contributed by atoms with Crippen molar-refractivity contribution in [1.29, 1.82) is 0 Å². The molecule has 0 radical (unpaired) electrons. The third kappa shape index (κ3) is 5.21. The van der Waals surface area contributed by atoms with Gasteiger partial charge in [0.2, 0.25) is 0 Å². The number of amides is 1. The number of anilines is 1. The molecule has 3 aromatic rings. The first kappa shape index (κ1) is 21.9. The number of hydrogen-bond acceptors (Lipinski definition) is 6. The predicted molar refractivity (Wildman–Crippen MR) is 115 cm³/mol. The Labute approximate surface area is 183 Å². The van der Waals surface area contributed by atoms with Gasteiger partial charge in [-0.2, -0.15) is 0 Å².